The molecule has 2 N–H and O–H groups in total. The standard InChI is InChI=1S/C19H25N3O4/c1-12(16-9-15(25-2)6-7-18(16)26-3)21-19(24)11-22-17-8-14(23)5-4-13(17)10-20-22/h6-7,9-10,12,14,23H,4-5,8,11H2,1-3H3,(H,21,24)/t12-,14+/m1/s1. The molecule has 26 heavy (non-hydrogen) atoms. The minimum Gasteiger partial charge on any atom is -0.497 e. The maximum atomic E-state index is 12.5. The van der Waals surface area contributed by atoms with E-state index >= 15 is 0 Å². The van der Waals surface area contributed by atoms with Crippen molar-refractivity contribution in [3.8, 4) is 11.5 Å². The number of aromatic nitrogens is 2. The SMILES string of the molecule is COc1ccc(OC)c([C@@H](C)NC(=O)Cn2ncc3c2C[C@@H](O)CC3)c1. The Morgan fingerprint density at radius 3 is 2.96 bits per heavy atom. The monoisotopic (exact) mass is 359 g/mol. The van der Waals surface area contributed by atoms with E-state index in [2.05, 4.69) is 10.4 Å². The third kappa shape index (κ3) is 3.83. The van der Waals surface area contributed by atoms with E-state index < -0.39 is 0 Å². The molecule has 0 saturated heterocycles. The Bertz CT molecular complexity index is 787. The van der Waals surface area contributed by atoms with Crippen molar-refractivity contribution >= 4 is 5.91 Å². The molecule has 7 nitrogen and oxygen atoms in total. The van der Waals surface area contributed by atoms with Crippen LogP contribution in [0.5, 0.6) is 11.5 Å². The summed E-state index contributed by atoms with van der Waals surface area (Å²) < 4.78 is 12.3. The van der Waals surface area contributed by atoms with Crippen LogP contribution in [-0.4, -0.2) is 41.1 Å². The molecule has 1 aromatic heterocycles. The number of nitrogens with zero attached hydrogens (tertiary/aromatic N) is 2. The van der Waals surface area contributed by atoms with Crippen LogP contribution in [0.4, 0.5) is 0 Å². The first kappa shape index (κ1) is 18.3. The molecule has 0 saturated carbocycles. The zero-order valence-corrected chi connectivity index (χ0v) is 15.4. The number of rotatable bonds is 6. The van der Waals surface area contributed by atoms with Crippen molar-refractivity contribution in [3.05, 3.63) is 41.2 Å². The number of aliphatic hydroxyl groups is 1. The third-order valence-corrected chi connectivity index (χ3v) is 4.79. The Hall–Kier alpha value is -2.54. The first-order valence-electron chi connectivity index (χ1n) is 8.74. The maximum absolute atomic E-state index is 12.5. The van der Waals surface area contributed by atoms with Gasteiger partial charge in [-0.25, -0.2) is 0 Å². The maximum Gasteiger partial charge on any atom is 0.242 e. The Labute approximate surface area is 152 Å². The topological polar surface area (TPSA) is 85.6 Å². The number of hydrogen-bond acceptors (Lipinski definition) is 5. The van der Waals surface area contributed by atoms with Gasteiger partial charge in [0.25, 0.3) is 0 Å². The number of hydrogen-bond donors (Lipinski definition) is 2. The van der Waals surface area contributed by atoms with Crippen LogP contribution < -0.4 is 14.8 Å². The fraction of sp³-hybridized carbons (Fsp3) is 0.474. The predicted octanol–water partition coefficient (Wildman–Crippen LogP) is 1.63. The molecule has 0 spiro atoms. The lowest BCUT2D eigenvalue weighted by atomic mass is 9.96. The zero-order chi connectivity index (χ0) is 18.7. The number of aryl methyl sites for hydroxylation is 1. The number of ether oxygens (including phenoxy) is 2. The van der Waals surface area contributed by atoms with Gasteiger partial charge in [-0.3, -0.25) is 9.48 Å². The van der Waals surface area contributed by atoms with Crippen molar-refractivity contribution in [3.63, 3.8) is 0 Å². The van der Waals surface area contributed by atoms with Gasteiger partial charge < -0.3 is 19.9 Å². The lowest BCUT2D eigenvalue weighted by Gasteiger charge is -2.20. The molecule has 1 amide bonds. The Morgan fingerprint density at radius 2 is 2.23 bits per heavy atom. The zero-order valence-electron chi connectivity index (χ0n) is 15.4. The summed E-state index contributed by atoms with van der Waals surface area (Å²) in [5.74, 6) is 1.25. The van der Waals surface area contributed by atoms with E-state index in [9.17, 15) is 9.90 Å². The summed E-state index contributed by atoms with van der Waals surface area (Å²) in [5, 5.41) is 17.2. The average Bonchev–Trinajstić information content (AvgIpc) is 3.02. The molecule has 3 rings (SSSR count). The van der Waals surface area contributed by atoms with Gasteiger partial charge in [-0.1, -0.05) is 0 Å². The van der Waals surface area contributed by atoms with Crippen molar-refractivity contribution in [2.75, 3.05) is 14.2 Å². The van der Waals surface area contributed by atoms with Gasteiger partial charge in [-0.2, -0.15) is 5.10 Å². The molecular weight excluding hydrogens is 334 g/mol. The van der Waals surface area contributed by atoms with Gasteiger partial charge in [-0.15, -0.1) is 0 Å². The molecule has 0 unspecified atom stereocenters. The fourth-order valence-electron chi connectivity index (χ4n) is 3.36. The molecule has 7 heteroatoms. The van der Waals surface area contributed by atoms with E-state index in [4.69, 9.17) is 9.47 Å². The van der Waals surface area contributed by atoms with E-state index in [-0.39, 0.29) is 24.6 Å². The van der Waals surface area contributed by atoms with Crippen molar-refractivity contribution in [2.24, 2.45) is 0 Å². The summed E-state index contributed by atoms with van der Waals surface area (Å²) in [7, 11) is 3.20. The highest BCUT2D eigenvalue weighted by Gasteiger charge is 2.22. The molecule has 0 aliphatic heterocycles. The van der Waals surface area contributed by atoms with E-state index in [0.717, 1.165) is 29.7 Å². The number of carbonyl (C=O) groups excluding carboxylic acids is 1. The average molecular weight is 359 g/mol. The van der Waals surface area contributed by atoms with Crippen LogP contribution >= 0.6 is 0 Å². The summed E-state index contributed by atoms with van der Waals surface area (Å²) in [4.78, 5) is 12.5. The highest BCUT2D eigenvalue weighted by Crippen LogP contribution is 2.29. The molecule has 0 bridgehead atoms. The van der Waals surface area contributed by atoms with Crippen LogP contribution in [0.2, 0.25) is 0 Å². The molecule has 1 aliphatic carbocycles. The Balaban J connectivity index is 1.70. The number of amides is 1. The van der Waals surface area contributed by atoms with Gasteiger partial charge in [-0.05, 0) is 43.5 Å². The molecule has 140 valence electrons. The fourth-order valence-corrected chi connectivity index (χ4v) is 3.36. The second kappa shape index (κ2) is 7.78. The van der Waals surface area contributed by atoms with Gasteiger partial charge in [0.15, 0.2) is 0 Å². The van der Waals surface area contributed by atoms with E-state index in [1.165, 1.54) is 0 Å². The van der Waals surface area contributed by atoms with Crippen LogP contribution in [0.3, 0.4) is 0 Å². The first-order chi connectivity index (χ1) is 12.5. The van der Waals surface area contributed by atoms with Crippen LogP contribution in [0.1, 0.15) is 36.2 Å². The quantitative estimate of drug-likeness (QED) is 0.819. The van der Waals surface area contributed by atoms with Crippen LogP contribution in [0.15, 0.2) is 24.4 Å². The Kier molecular flexibility index (Phi) is 5.46. The largest absolute Gasteiger partial charge is 0.497 e. The van der Waals surface area contributed by atoms with E-state index in [1.54, 1.807) is 25.1 Å². The highest BCUT2D eigenvalue weighted by atomic mass is 16.5. The summed E-state index contributed by atoms with van der Waals surface area (Å²) >= 11 is 0. The van der Waals surface area contributed by atoms with Crippen molar-refractivity contribution in [1.29, 1.82) is 0 Å². The smallest absolute Gasteiger partial charge is 0.242 e. The number of carbonyl (C=O) groups is 1. The first-order valence-corrected chi connectivity index (χ1v) is 8.74. The molecule has 1 aromatic carbocycles. The van der Waals surface area contributed by atoms with Gasteiger partial charge in [0, 0.05) is 17.7 Å². The van der Waals surface area contributed by atoms with Crippen LogP contribution in [-0.2, 0) is 24.2 Å². The number of methoxy groups -OCH3 is 2. The van der Waals surface area contributed by atoms with Crippen molar-refractivity contribution in [1.82, 2.24) is 15.1 Å². The van der Waals surface area contributed by atoms with E-state index in [0.29, 0.717) is 17.9 Å². The highest BCUT2D eigenvalue weighted by molar-refractivity contribution is 5.76. The number of aliphatic hydroxyl groups excluding tert-OH is 1. The second-order valence-corrected chi connectivity index (χ2v) is 6.57. The van der Waals surface area contributed by atoms with Gasteiger partial charge in [0.2, 0.25) is 5.91 Å². The number of nitrogens with one attached hydrogen (secondary N) is 1. The molecule has 2 aromatic rings. The van der Waals surface area contributed by atoms with Gasteiger partial charge in [0.05, 0.1) is 32.6 Å². The lowest BCUT2D eigenvalue weighted by molar-refractivity contribution is -0.122. The lowest BCUT2D eigenvalue weighted by Crippen LogP contribution is -2.32. The van der Waals surface area contributed by atoms with E-state index in [1.807, 2.05) is 25.1 Å². The molecule has 0 fully saturated rings. The summed E-state index contributed by atoms with van der Waals surface area (Å²) in [5.41, 5.74) is 2.91. The predicted molar refractivity (Wildman–Crippen MR) is 96.4 cm³/mol. The van der Waals surface area contributed by atoms with Crippen molar-refractivity contribution < 1.29 is 19.4 Å². The number of fused-ring (bicyclic) bond motifs is 1. The number of benzene rings is 1. The van der Waals surface area contributed by atoms with Crippen LogP contribution in [0, 0.1) is 0 Å². The molecule has 2 atom stereocenters. The second-order valence-electron chi connectivity index (χ2n) is 6.57. The van der Waals surface area contributed by atoms with Gasteiger partial charge in [0.1, 0.15) is 18.0 Å². The van der Waals surface area contributed by atoms with Gasteiger partial charge >= 0.3 is 0 Å². The molecule has 1 aliphatic rings. The van der Waals surface area contributed by atoms with Crippen LogP contribution in [0.25, 0.3) is 0 Å². The summed E-state index contributed by atoms with van der Waals surface area (Å²) in [6, 6.07) is 5.25. The molecule has 1 heterocycles. The minimum absolute atomic E-state index is 0.124. The Morgan fingerprint density at radius 1 is 1.42 bits per heavy atom. The normalized spacial score (nSPS) is 17.3. The summed E-state index contributed by atoms with van der Waals surface area (Å²) in [6.07, 6.45) is 3.53. The van der Waals surface area contributed by atoms with Crippen molar-refractivity contribution in [2.45, 2.75) is 44.9 Å². The molecular formula is C19H25N3O4. The molecule has 0 radical (unpaired) electrons. The minimum atomic E-state index is -0.360. The third-order valence-electron chi connectivity index (χ3n) is 4.79. The summed E-state index contributed by atoms with van der Waals surface area (Å²) in [6.45, 7) is 2.02.